The highest BCUT2D eigenvalue weighted by Gasteiger charge is 2.31. The Labute approximate surface area is 148 Å². The fourth-order valence-electron chi connectivity index (χ4n) is 2.92. The minimum atomic E-state index is -0.994. The summed E-state index contributed by atoms with van der Waals surface area (Å²) in [5, 5.41) is 20.0. The zero-order valence-corrected chi connectivity index (χ0v) is 14.1. The van der Waals surface area contributed by atoms with Gasteiger partial charge in [0.2, 0.25) is 0 Å². The molecule has 0 spiro atoms. The number of aromatic amines is 1. The Bertz CT molecular complexity index is 830. The number of esters is 1. The molecule has 9 nitrogen and oxygen atoms in total. The largest absolute Gasteiger partial charge is 0.452 e. The van der Waals surface area contributed by atoms with E-state index in [1.807, 2.05) is 0 Å². The number of non-ortho nitro benzene ring substituents is 1. The molecule has 9 heteroatoms. The number of nitrogens with one attached hydrogen (secondary N) is 2. The number of rotatable bonds is 5. The first-order valence-electron chi connectivity index (χ1n) is 8.23. The number of ether oxygens (including phenoxy) is 1. The van der Waals surface area contributed by atoms with Crippen molar-refractivity contribution in [1.82, 2.24) is 10.2 Å². The molecule has 1 aromatic carbocycles. The third-order valence-electron chi connectivity index (χ3n) is 4.33. The summed E-state index contributed by atoms with van der Waals surface area (Å²) >= 11 is 0. The van der Waals surface area contributed by atoms with Crippen LogP contribution in [-0.2, 0) is 20.7 Å². The molecule has 0 aliphatic heterocycles. The molecule has 3 rings (SSSR count). The fourth-order valence-corrected chi connectivity index (χ4v) is 2.92. The number of fused-ring (bicyclic) bond motifs is 1. The van der Waals surface area contributed by atoms with E-state index in [0.717, 1.165) is 24.1 Å². The quantitative estimate of drug-likeness (QED) is 0.480. The van der Waals surface area contributed by atoms with E-state index in [0.29, 0.717) is 12.1 Å². The van der Waals surface area contributed by atoms with Gasteiger partial charge in [0.25, 0.3) is 11.6 Å². The summed E-state index contributed by atoms with van der Waals surface area (Å²) in [6.45, 7) is 1.48. The lowest BCUT2D eigenvalue weighted by Crippen LogP contribution is -2.32. The van der Waals surface area contributed by atoms with Gasteiger partial charge in [-0.25, -0.2) is 0 Å². The molecule has 0 fully saturated rings. The Morgan fingerprint density at radius 1 is 1.38 bits per heavy atom. The summed E-state index contributed by atoms with van der Waals surface area (Å²) in [7, 11) is 0. The number of anilines is 1. The van der Waals surface area contributed by atoms with Crippen molar-refractivity contribution in [1.29, 1.82) is 0 Å². The van der Waals surface area contributed by atoms with E-state index in [4.69, 9.17) is 4.74 Å². The fraction of sp³-hybridized carbons (Fsp3) is 0.353. The number of carbonyl (C=O) groups excluding carboxylic acids is 2. The number of hydrogen-bond donors (Lipinski definition) is 2. The second-order valence-electron chi connectivity index (χ2n) is 6.13. The summed E-state index contributed by atoms with van der Waals surface area (Å²) in [5.74, 6) is -1.43. The molecule has 1 aliphatic rings. The molecule has 2 unspecified atom stereocenters. The smallest absolute Gasteiger partial charge is 0.315 e. The molecule has 2 atom stereocenters. The van der Waals surface area contributed by atoms with Crippen LogP contribution in [0, 0.1) is 10.1 Å². The van der Waals surface area contributed by atoms with Crippen LogP contribution in [0.5, 0.6) is 0 Å². The lowest BCUT2D eigenvalue weighted by Gasteiger charge is -2.22. The van der Waals surface area contributed by atoms with Gasteiger partial charge in [-0.15, -0.1) is 0 Å². The average Bonchev–Trinajstić information content (AvgIpc) is 3.10. The van der Waals surface area contributed by atoms with Crippen LogP contribution in [0.2, 0.25) is 0 Å². The highest BCUT2D eigenvalue weighted by atomic mass is 16.6. The summed E-state index contributed by atoms with van der Waals surface area (Å²) in [4.78, 5) is 34.7. The van der Waals surface area contributed by atoms with Crippen LogP contribution in [-0.4, -0.2) is 33.1 Å². The van der Waals surface area contributed by atoms with E-state index in [2.05, 4.69) is 15.5 Å². The molecule has 1 aliphatic carbocycles. The lowest BCUT2D eigenvalue weighted by molar-refractivity contribution is -0.384. The maximum Gasteiger partial charge on any atom is 0.315 e. The number of nitro benzene ring substituents is 1. The van der Waals surface area contributed by atoms with E-state index in [-0.39, 0.29) is 5.69 Å². The van der Waals surface area contributed by atoms with Crippen LogP contribution in [0.25, 0.3) is 0 Å². The number of aromatic nitrogens is 2. The summed E-state index contributed by atoms with van der Waals surface area (Å²) in [5.41, 5.74) is 2.07. The lowest BCUT2D eigenvalue weighted by atomic mass is 9.88. The van der Waals surface area contributed by atoms with Crippen molar-refractivity contribution in [3.05, 3.63) is 51.8 Å². The molecule has 2 N–H and O–H groups in total. The number of hydrogen-bond acceptors (Lipinski definition) is 6. The molecule has 1 amide bonds. The van der Waals surface area contributed by atoms with Crippen molar-refractivity contribution in [3.63, 3.8) is 0 Å². The minimum absolute atomic E-state index is 0.0739. The molecule has 136 valence electrons. The van der Waals surface area contributed by atoms with Crippen molar-refractivity contribution < 1.29 is 19.2 Å². The number of nitro groups is 1. The third kappa shape index (κ3) is 3.71. The van der Waals surface area contributed by atoms with Crippen molar-refractivity contribution in [2.75, 3.05) is 5.32 Å². The summed E-state index contributed by atoms with van der Waals surface area (Å²) in [6, 6.07) is 5.41. The van der Waals surface area contributed by atoms with Crippen LogP contribution >= 0.6 is 0 Å². The van der Waals surface area contributed by atoms with Crippen molar-refractivity contribution in [2.24, 2.45) is 0 Å². The normalized spacial score (nSPS) is 17.0. The molecule has 2 aromatic rings. The molecule has 0 saturated heterocycles. The topological polar surface area (TPSA) is 127 Å². The van der Waals surface area contributed by atoms with E-state index in [1.165, 1.54) is 31.2 Å². The molecule has 0 radical (unpaired) electrons. The molecular weight excluding hydrogens is 340 g/mol. The maximum absolute atomic E-state index is 12.4. The van der Waals surface area contributed by atoms with Gasteiger partial charge >= 0.3 is 5.97 Å². The van der Waals surface area contributed by atoms with Gasteiger partial charge in [0.1, 0.15) is 0 Å². The van der Waals surface area contributed by atoms with Crippen LogP contribution < -0.4 is 5.32 Å². The first-order chi connectivity index (χ1) is 12.5. The molecular formula is C17H18N4O5. The first kappa shape index (κ1) is 17.6. The standard InChI is InChI=1S/C17H18N4O5/c1-10(16(22)19-12-5-7-13(8-6-12)21(24)25)26-17(23)14-4-2-3-11-9-18-20-15(11)14/h5-10,14H,2-4H2,1H3,(H,18,20)(H,19,22). The molecule has 1 aromatic heterocycles. The predicted molar refractivity (Wildman–Crippen MR) is 91.5 cm³/mol. The summed E-state index contributed by atoms with van der Waals surface area (Å²) in [6.07, 6.45) is 3.08. The van der Waals surface area contributed by atoms with E-state index in [9.17, 15) is 19.7 Å². The van der Waals surface area contributed by atoms with Gasteiger partial charge in [0.15, 0.2) is 6.10 Å². The number of benzene rings is 1. The van der Waals surface area contributed by atoms with Gasteiger partial charge < -0.3 is 10.1 Å². The minimum Gasteiger partial charge on any atom is -0.452 e. The van der Waals surface area contributed by atoms with Crippen LogP contribution in [0.15, 0.2) is 30.5 Å². The Morgan fingerprint density at radius 3 is 2.81 bits per heavy atom. The zero-order valence-electron chi connectivity index (χ0n) is 14.1. The Hall–Kier alpha value is -3.23. The van der Waals surface area contributed by atoms with Crippen LogP contribution in [0.3, 0.4) is 0 Å². The van der Waals surface area contributed by atoms with Gasteiger partial charge in [0, 0.05) is 17.8 Å². The third-order valence-corrected chi connectivity index (χ3v) is 4.33. The van der Waals surface area contributed by atoms with Gasteiger partial charge in [-0.1, -0.05) is 0 Å². The predicted octanol–water partition coefficient (Wildman–Crippen LogP) is 2.31. The van der Waals surface area contributed by atoms with Crippen LogP contribution in [0.1, 0.15) is 36.9 Å². The molecule has 0 saturated carbocycles. The molecule has 0 bridgehead atoms. The number of carbonyl (C=O) groups is 2. The highest BCUT2D eigenvalue weighted by molar-refractivity contribution is 5.95. The Kier molecular flexibility index (Phi) is 4.97. The molecule has 26 heavy (non-hydrogen) atoms. The van der Waals surface area contributed by atoms with Gasteiger partial charge in [-0.3, -0.25) is 24.8 Å². The van der Waals surface area contributed by atoms with Gasteiger partial charge in [0.05, 0.1) is 22.7 Å². The maximum atomic E-state index is 12.4. The number of nitrogens with zero attached hydrogens (tertiary/aromatic N) is 2. The van der Waals surface area contributed by atoms with E-state index in [1.54, 1.807) is 6.20 Å². The number of amides is 1. The second-order valence-corrected chi connectivity index (χ2v) is 6.13. The molecule has 1 heterocycles. The van der Waals surface area contributed by atoms with Crippen molar-refractivity contribution in [3.8, 4) is 0 Å². The van der Waals surface area contributed by atoms with E-state index < -0.39 is 28.8 Å². The summed E-state index contributed by atoms with van der Waals surface area (Å²) < 4.78 is 5.31. The van der Waals surface area contributed by atoms with Crippen molar-refractivity contribution in [2.45, 2.75) is 38.2 Å². The Morgan fingerprint density at radius 2 is 2.12 bits per heavy atom. The SMILES string of the molecule is CC(OC(=O)C1CCCc2cn[nH]c21)C(=O)Nc1ccc([N+](=O)[O-])cc1. The van der Waals surface area contributed by atoms with Gasteiger partial charge in [-0.05, 0) is 43.9 Å². The van der Waals surface area contributed by atoms with E-state index >= 15 is 0 Å². The Balaban J connectivity index is 1.59. The average molecular weight is 358 g/mol. The van der Waals surface area contributed by atoms with Gasteiger partial charge in [-0.2, -0.15) is 5.10 Å². The second kappa shape index (κ2) is 7.34. The number of aryl methyl sites for hydroxylation is 1. The number of H-pyrrole nitrogens is 1. The first-order valence-corrected chi connectivity index (χ1v) is 8.23. The highest BCUT2D eigenvalue weighted by Crippen LogP contribution is 2.31. The van der Waals surface area contributed by atoms with Crippen molar-refractivity contribution >= 4 is 23.3 Å². The zero-order chi connectivity index (χ0) is 18.7. The monoisotopic (exact) mass is 358 g/mol. The van der Waals surface area contributed by atoms with Crippen LogP contribution in [0.4, 0.5) is 11.4 Å².